The zero-order valence-corrected chi connectivity index (χ0v) is 13.6. The molecule has 1 aliphatic carbocycles. The van der Waals surface area contributed by atoms with Crippen molar-refractivity contribution in [2.45, 2.75) is 50.6 Å². The van der Waals surface area contributed by atoms with Gasteiger partial charge in [-0.05, 0) is 38.1 Å². The monoisotopic (exact) mass is 323 g/mol. The fourth-order valence-electron chi connectivity index (χ4n) is 3.89. The topological polar surface area (TPSA) is 49.6 Å². The Balaban J connectivity index is 0.000001000. The van der Waals surface area contributed by atoms with Crippen LogP contribution in [0, 0.1) is 5.92 Å². The zero-order chi connectivity index (χ0) is 12.5. The Hall–Kier alpha value is -0.0300. The number of amides is 1. The first kappa shape index (κ1) is 18.0. The first-order valence-electron chi connectivity index (χ1n) is 7.51. The van der Waals surface area contributed by atoms with E-state index in [0.29, 0.717) is 24.3 Å². The second kappa shape index (κ2) is 7.83. The lowest BCUT2D eigenvalue weighted by Crippen LogP contribution is -2.52. The Labute approximate surface area is 134 Å². The van der Waals surface area contributed by atoms with Crippen LogP contribution in [0.3, 0.4) is 0 Å². The maximum atomic E-state index is 12.3. The van der Waals surface area contributed by atoms with Crippen molar-refractivity contribution in [1.82, 2.24) is 9.80 Å². The summed E-state index contributed by atoms with van der Waals surface area (Å²) < 4.78 is 0. The SMILES string of the molecule is Cl.Cl.N[C@@H]1CCC[C@H]1CC(=O)N1CCN2CCCC2C1. The molecule has 0 bridgehead atoms. The highest BCUT2D eigenvalue weighted by Gasteiger charge is 2.34. The molecule has 118 valence electrons. The number of nitrogens with zero attached hydrogens (tertiary/aromatic N) is 2. The number of carbonyl (C=O) groups is 1. The van der Waals surface area contributed by atoms with Gasteiger partial charge in [0.2, 0.25) is 5.91 Å². The molecule has 0 spiro atoms. The van der Waals surface area contributed by atoms with E-state index in [1.165, 1.54) is 25.8 Å². The number of rotatable bonds is 2. The van der Waals surface area contributed by atoms with Gasteiger partial charge in [-0.15, -0.1) is 24.8 Å². The number of fused-ring (bicyclic) bond motifs is 1. The average Bonchev–Trinajstić information content (AvgIpc) is 2.98. The van der Waals surface area contributed by atoms with Crippen LogP contribution in [0.15, 0.2) is 0 Å². The fraction of sp³-hybridized carbons (Fsp3) is 0.929. The molecule has 0 radical (unpaired) electrons. The van der Waals surface area contributed by atoms with E-state index in [9.17, 15) is 4.79 Å². The standard InChI is InChI=1S/C14H25N3O.2ClH/c15-13-5-1-3-11(13)9-14(18)17-8-7-16-6-2-4-12(16)10-17;;/h11-13H,1-10,15H2;2*1H/t11-,12?,13+;;/m0../s1. The Morgan fingerprint density at radius 3 is 2.55 bits per heavy atom. The quantitative estimate of drug-likeness (QED) is 0.840. The van der Waals surface area contributed by atoms with Gasteiger partial charge in [-0.1, -0.05) is 6.42 Å². The molecule has 1 amide bonds. The van der Waals surface area contributed by atoms with Crippen molar-refractivity contribution in [3.05, 3.63) is 0 Å². The van der Waals surface area contributed by atoms with Crippen molar-refractivity contribution in [2.75, 3.05) is 26.2 Å². The van der Waals surface area contributed by atoms with Crippen LogP contribution in [-0.2, 0) is 4.79 Å². The van der Waals surface area contributed by atoms with Gasteiger partial charge >= 0.3 is 0 Å². The predicted octanol–water partition coefficient (Wildman–Crippen LogP) is 1.65. The highest BCUT2D eigenvalue weighted by Crippen LogP contribution is 2.28. The highest BCUT2D eigenvalue weighted by atomic mass is 35.5. The van der Waals surface area contributed by atoms with Crippen LogP contribution in [0.5, 0.6) is 0 Å². The summed E-state index contributed by atoms with van der Waals surface area (Å²) in [5.74, 6) is 0.794. The number of hydrogen-bond donors (Lipinski definition) is 1. The Kier molecular flexibility index (Phi) is 7.06. The van der Waals surface area contributed by atoms with E-state index in [1.807, 2.05) is 0 Å². The third-order valence-electron chi connectivity index (χ3n) is 5.09. The number of halogens is 2. The second-order valence-corrected chi connectivity index (χ2v) is 6.23. The molecule has 3 rings (SSSR count). The van der Waals surface area contributed by atoms with E-state index in [0.717, 1.165) is 32.5 Å². The molecule has 3 fully saturated rings. The molecule has 4 nitrogen and oxygen atoms in total. The van der Waals surface area contributed by atoms with Crippen LogP contribution in [0.2, 0.25) is 0 Å². The number of piperazine rings is 1. The molecule has 1 saturated carbocycles. The summed E-state index contributed by atoms with van der Waals surface area (Å²) in [5.41, 5.74) is 6.06. The summed E-state index contributed by atoms with van der Waals surface area (Å²) in [6.07, 6.45) is 6.72. The van der Waals surface area contributed by atoms with Crippen molar-refractivity contribution in [3.63, 3.8) is 0 Å². The molecule has 0 aromatic heterocycles. The molecule has 2 aliphatic heterocycles. The number of nitrogens with two attached hydrogens (primary N) is 1. The summed E-state index contributed by atoms with van der Waals surface area (Å²) in [5, 5.41) is 0. The van der Waals surface area contributed by atoms with Gasteiger partial charge in [0.15, 0.2) is 0 Å². The molecule has 2 saturated heterocycles. The van der Waals surface area contributed by atoms with Gasteiger partial charge in [-0.25, -0.2) is 0 Å². The summed E-state index contributed by atoms with van der Waals surface area (Å²) in [7, 11) is 0. The molecule has 0 aromatic carbocycles. The number of carbonyl (C=O) groups excluding carboxylic acids is 1. The summed E-state index contributed by atoms with van der Waals surface area (Å²) in [4.78, 5) is 17.0. The minimum Gasteiger partial charge on any atom is -0.340 e. The van der Waals surface area contributed by atoms with Gasteiger partial charge in [0.25, 0.3) is 0 Å². The van der Waals surface area contributed by atoms with Gasteiger partial charge in [0, 0.05) is 38.1 Å². The normalized spacial score (nSPS) is 33.2. The zero-order valence-electron chi connectivity index (χ0n) is 12.0. The molecular weight excluding hydrogens is 297 g/mol. The maximum absolute atomic E-state index is 12.3. The van der Waals surface area contributed by atoms with Crippen molar-refractivity contribution >= 4 is 30.7 Å². The van der Waals surface area contributed by atoms with Crippen LogP contribution >= 0.6 is 24.8 Å². The van der Waals surface area contributed by atoms with E-state index >= 15 is 0 Å². The summed E-state index contributed by atoms with van der Waals surface area (Å²) in [6.45, 7) is 4.20. The molecule has 2 N–H and O–H groups in total. The maximum Gasteiger partial charge on any atom is 0.223 e. The first-order chi connectivity index (χ1) is 8.74. The highest BCUT2D eigenvalue weighted by molar-refractivity contribution is 5.85. The van der Waals surface area contributed by atoms with Crippen molar-refractivity contribution in [1.29, 1.82) is 0 Å². The lowest BCUT2D eigenvalue weighted by molar-refractivity contribution is -0.134. The van der Waals surface area contributed by atoms with E-state index in [4.69, 9.17) is 5.73 Å². The van der Waals surface area contributed by atoms with Crippen LogP contribution in [0.4, 0.5) is 0 Å². The lowest BCUT2D eigenvalue weighted by atomic mass is 9.99. The predicted molar refractivity (Wildman–Crippen MR) is 85.6 cm³/mol. The molecule has 1 unspecified atom stereocenters. The summed E-state index contributed by atoms with van der Waals surface area (Å²) in [6, 6.07) is 0.904. The minimum atomic E-state index is 0. The van der Waals surface area contributed by atoms with E-state index in [2.05, 4.69) is 9.80 Å². The molecule has 3 aliphatic rings. The third-order valence-corrected chi connectivity index (χ3v) is 5.09. The van der Waals surface area contributed by atoms with Gasteiger partial charge in [0.1, 0.15) is 0 Å². The minimum absolute atomic E-state index is 0. The van der Waals surface area contributed by atoms with E-state index < -0.39 is 0 Å². The average molecular weight is 324 g/mol. The lowest BCUT2D eigenvalue weighted by Gasteiger charge is -2.38. The van der Waals surface area contributed by atoms with Gasteiger partial charge in [-0.3, -0.25) is 9.69 Å². The molecule has 6 heteroatoms. The van der Waals surface area contributed by atoms with Crippen LogP contribution in [0.1, 0.15) is 38.5 Å². The van der Waals surface area contributed by atoms with Gasteiger partial charge in [-0.2, -0.15) is 0 Å². The van der Waals surface area contributed by atoms with Gasteiger partial charge < -0.3 is 10.6 Å². The molecule has 2 heterocycles. The van der Waals surface area contributed by atoms with Crippen molar-refractivity contribution < 1.29 is 4.79 Å². The second-order valence-electron chi connectivity index (χ2n) is 6.23. The molecule has 0 aromatic rings. The Morgan fingerprint density at radius 2 is 1.85 bits per heavy atom. The number of hydrogen-bond acceptors (Lipinski definition) is 3. The van der Waals surface area contributed by atoms with Crippen molar-refractivity contribution in [2.24, 2.45) is 11.7 Å². The molecule has 20 heavy (non-hydrogen) atoms. The van der Waals surface area contributed by atoms with Crippen LogP contribution in [-0.4, -0.2) is 54.0 Å². The first-order valence-corrected chi connectivity index (χ1v) is 7.51. The van der Waals surface area contributed by atoms with E-state index in [-0.39, 0.29) is 30.9 Å². The summed E-state index contributed by atoms with van der Waals surface area (Å²) >= 11 is 0. The van der Waals surface area contributed by atoms with Crippen molar-refractivity contribution in [3.8, 4) is 0 Å². The van der Waals surface area contributed by atoms with Crippen LogP contribution < -0.4 is 5.73 Å². The Morgan fingerprint density at radius 1 is 1.05 bits per heavy atom. The molecular formula is C14H27Cl2N3O. The fourth-order valence-corrected chi connectivity index (χ4v) is 3.89. The van der Waals surface area contributed by atoms with E-state index in [1.54, 1.807) is 0 Å². The molecule has 3 atom stereocenters. The largest absolute Gasteiger partial charge is 0.340 e. The smallest absolute Gasteiger partial charge is 0.223 e. The Bertz CT molecular complexity index is 330. The van der Waals surface area contributed by atoms with Gasteiger partial charge in [0.05, 0.1) is 0 Å². The van der Waals surface area contributed by atoms with Crippen LogP contribution in [0.25, 0.3) is 0 Å². The third kappa shape index (κ3) is 3.79.